The van der Waals surface area contributed by atoms with Crippen LogP contribution in [0, 0.1) is 11.8 Å². The first-order valence-electron chi connectivity index (χ1n) is 12.6. The van der Waals surface area contributed by atoms with Crippen molar-refractivity contribution in [3.05, 3.63) is 59.7 Å². The van der Waals surface area contributed by atoms with Gasteiger partial charge in [-0.15, -0.1) is 0 Å². The van der Waals surface area contributed by atoms with Crippen LogP contribution < -0.4 is 15.7 Å². The maximum absolute atomic E-state index is 13.0. The van der Waals surface area contributed by atoms with E-state index in [0.717, 1.165) is 17.8 Å². The number of nitrogens with zero attached hydrogens (tertiary/aromatic N) is 2. The summed E-state index contributed by atoms with van der Waals surface area (Å²) in [6.07, 6.45) is 0. The van der Waals surface area contributed by atoms with Crippen molar-refractivity contribution in [1.29, 1.82) is 0 Å². The van der Waals surface area contributed by atoms with E-state index in [0.29, 0.717) is 42.6 Å². The number of nitrogens with one attached hydrogen (secondary N) is 2. The van der Waals surface area contributed by atoms with Gasteiger partial charge >= 0.3 is 0 Å². The number of rotatable bonds is 7. The molecule has 2 heterocycles. The molecule has 0 saturated carbocycles. The number of anilines is 1. The highest BCUT2D eigenvalue weighted by Gasteiger charge is 2.43. The van der Waals surface area contributed by atoms with Gasteiger partial charge in [-0.1, -0.05) is 38.1 Å². The van der Waals surface area contributed by atoms with Crippen molar-refractivity contribution in [1.82, 2.24) is 15.7 Å². The molecular formula is C27H38N4O5S. The summed E-state index contributed by atoms with van der Waals surface area (Å²) < 4.78 is 21.1. The first-order valence-corrected chi connectivity index (χ1v) is 14.2. The van der Waals surface area contributed by atoms with Gasteiger partial charge in [-0.3, -0.25) is 23.9 Å². The normalized spacial score (nSPS) is 23.4. The van der Waals surface area contributed by atoms with Crippen molar-refractivity contribution in [3.63, 3.8) is 0 Å². The minimum Gasteiger partial charge on any atom is -0.364 e. The van der Waals surface area contributed by atoms with Crippen LogP contribution in [0.5, 0.6) is 0 Å². The zero-order valence-electron chi connectivity index (χ0n) is 21.8. The van der Waals surface area contributed by atoms with Gasteiger partial charge in [-0.25, -0.2) is 5.48 Å². The molecule has 4 rings (SSSR count). The molecule has 0 bridgehead atoms. The second-order valence-corrected chi connectivity index (χ2v) is 13.7. The second-order valence-electron chi connectivity index (χ2n) is 11.1. The molecule has 2 atom stereocenters. The molecule has 0 aliphatic carbocycles. The highest BCUT2D eigenvalue weighted by molar-refractivity contribution is 8.25. The van der Waals surface area contributed by atoms with Crippen LogP contribution in [0.4, 0.5) is 5.69 Å². The van der Waals surface area contributed by atoms with Crippen LogP contribution in [0.1, 0.15) is 43.6 Å². The van der Waals surface area contributed by atoms with Gasteiger partial charge in [0.25, 0.3) is 5.91 Å². The third-order valence-corrected chi connectivity index (χ3v) is 9.86. The van der Waals surface area contributed by atoms with Crippen molar-refractivity contribution in [2.45, 2.75) is 49.9 Å². The van der Waals surface area contributed by atoms with Crippen LogP contribution in [0.25, 0.3) is 0 Å². The Labute approximate surface area is 220 Å². The Morgan fingerprint density at radius 2 is 1.76 bits per heavy atom. The molecule has 9 nitrogen and oxygen atoms in total. The van der Waals surface area contributed by atoms with Crippen LogP contribution in [-0.4, -0.2) is 68.0 Å². The molecule has 0 unspecified atom stereocenters. The fourth-order valence-electron chi connectivity index (χ4n) is 5.31. The van der Waals surface area contributed by atoms with Crippen molar-refractivity contribution < 1.29 is 23.9 Å². The van der Waals surface area contributed by atoms with Crippen LogP contribution in [-0.2, 0) is 11.3 Å². The topological polar surface area (TPSA) is 125 Å². The Balaban J connectivity index is 1.45. The molecule has 2 aromatic rings. The molecule has 5 N–H and O–H groups in total. The van der Waals surface area contributed by atoms with E-state index in [9.17, 15) is 18.7 Å². The number of hydrogen-bond donors (Lipinski definition) is 5. The lowest BCUT2D eigenvalue weighted by molar-refractivity contribution is -0.133. The summed E-state index contributed by atoms with van der Waals surface area (Å²) in [6, 6.07) is 14.3. The van der Waals surface area contributed by atoms with Crippen molar-refractivity contribution in [2.75, 3.05) is 31.1 Å². The number of amides is 2. The van der Waals surface area contributed by atoms with Gasteiger partial charge in [0.2, 0.25) is 5.91 Å². The average Bonchev–Trinajstić information content (AvgIpc) is 3.23. The zero-order chi connectivity index (χ0) is 27.0. The Hall–Kier alpha value is -2.63. The van der Waals surface area contributed by atoms with Crippen molar-refractivity contribution in [3.8, 4) is 0 Å². The van der Waals surface area contributed by atoms with E-state index in [1.165, 1.54) is 0 Å². The molecule has 1 fully saturated rings. The van der Waals surface area contributed by atoms with E-state index in [1.807, 2.05) is 44.2 Å². The predicted molar refractivity (Wildman–Crippen MR) is 145 cm³/mol. The van der Waals surface area contributed by atoms with Crippen LogP contribution in [0.15, 0.2) is 53.4 Å². The quantitative estimate of drug-likeness (QED) is 0.272. The number of carbonyl (C=O) groups excluding carboxylic acids is 2. The predicted octanol–water partition coefficient (Wildman–Crippen LogP) is 3.79. The highest BCUT2D eigenvalue weighted by atomic mass is 32.3. The van der Waals surface area contributed by atoms with E-state index in [4.69, 9.17) is 5.21 Å². The van der Waals surface area contributed by atoms with Gasteiger partial charge in [0.05, 0.1) is 27.3 Å². The summed E-state index contributed by atoms with van der Waals surface area (Å²) >= 11 is 0. The van der Waals surface area contributed by atoms with Gasteiger partial charge in [0.15, 0.2) is 0 Å². The first-order chi connectivity index (χ1) is 17.4. The first kappa shape index (κ1) is 27.4. The van der Waals surface area contributed by atoms with Gasteiger partial charge in [-0.05, 0) is 49.6 Å². The minimum absolute atomic E-state index is 0.267. The standard InChI is InChI=1S/C27H38N4O5S/c1-18(2)13-30-15-21(26(33)29-34)22(16-30)28-25(32)20-11-9-19(10-12-20)14-31-17-27(3,4)37(35,36)24-8-6-5-7-23(24)31/h5-12,18,21-22,34-36H,13-17H2,1-4H3,(H,28,32)(H,29,33)/t21-,22+/m0/s1. The number of likely N-dealkylation sites (tertiary alicyclic amines) is 1. The molecular weight excluding hydrogens is 492 g/mol. The van der Waals surface area contributed by atoms with Gasteiger partial charge < -0.3 is 15.1 Å². The lowest BCUT2D eigenvalue weighted by Crippen LogP contribution is -2.46. The average molecular weight is 531 g/mol. The number of carbonyl (C=O) groups is 2. The maximum atomic E-state index is 13.0. The third kappa shape index (κ3) is 5.63. The summed E-state index contributed by atoms with van der Waals surface area (Å²) in [5.41, 5.74) is 4.02. The smallest absolute Gasteiger partial charge is 0.251 e. The summed E-state index contributed by atoms with van der Waals surface area (Å²) in [5.74, 6) is -0.864. The highest BCUT2D eigenvalue weighted by Crippen LogP contribution is 2.64. The van der Waals surface area contributed by atoms with E-state index >= 15 is 0 Å². The van der Waals surface area contributed by atoms with Gasteiger partial charge in [-0.2, -0.15) is 10.6 Å². The largest absolute Gasteiger partial charge is 0.364 e. The Kier molecular flexibility index (Phi) is 7.87. The molecule has 0 aromatic heterocycles. The number of fused-ring (bicyclic) bond motifs is 1. The van der Waals surface area contributed by atoms with Crippen molar-refractivity contribution >= 4 is 28.1 Å². The maximum Gasteiger partial charge on any atom is 0.251 e. The molecule has 10 heteroatoms. The third-order valence-electron chi connectivity index (χ3n) is 7.23. The van der Waals surface area contributed by atoms with Gasteiger partial charge in [0, 0.05) is 38.3 Å². The Bertz CT molecular complexity index is 1140. The van der Waals surface area contributed by atoms with Crippen molar-refractivity contribution in [2.24, 2.45) is 11.8 Å². The molecule has 1 saturated heterocycles. The molecule has 2 aliphatic rings. The van der Waals surface area contributed by atoms with Crippen LogP contribution >= 0.6 is 10.6 Å². The number of hydrogen-bond acceptors (Lipinski definition) is 7. The molecule has 0 radical (unpaired) electrons. The Morgan fingerprint density at radius 1 is 1.08 bits per heavy atom. The Morgan fingerprint density at radius 3 is 2.41 bits per heavy atom. The number of benzene rings is 2. The summed E-state index contributed by atoms with van der Waals surface area (Å²) in [6.45, 7) is 10.8. The fourth-order valence-corrected chi connectivity index (χ4v) is 7.00. The lowest BCUT2D eigenvalue weighted by Gasteiger charge is -2.54. The summed E-state index contributed by atoms with van der Waals surface area (Å²) in [5, 5.41) is 12.1. The van der Waals surface area contributed by atoms with Crippen LogP contribution in [0.2, 0.25) is 0 Å². The SMILES string of the molecule is CC(C)CN1C[C@H](C(=O)NO)[C@H](NC(=O)c2ccc(CN3CC(C)(C)S(O)(O)c4ccccc43)cc2)C1. The van der Waals surface area contributed by atoms with Crippen LogP contribution in [0.3, 0.4) is 0 Å². The number of hydroxylamine groups is 1. The molecule has 2 aromatic carbocycles. The molecule has 2 amide bonds. The van der Waals surface area contributed by atoms with Gasteiger partial charge in [0.1, 0.15) is 0 Å². The monoisotopic (exact) mass is 530 g/mol. The molecule has 202 valence electrons. The zero-order valence-corrected chi connectivity index (χ0v) is 22.7. The van der Waals surface area contributed by atoms with E-state index < -0.39 is 33.2 Å². The summed E-state index contributed by atoms with van der Waals surface area (Å²) in [7, 11) is -2.94. The summed E-state index contributed by atoms with van der Waals surface area (Å²) in [4.78, 5) is 30.1. The van der Waals surface area contributed by atoms with E-state index in [2.05, 4.69) is 29.0 Å². The fraction of sp³-hybridized carbons (Fsp3) is 0.481. The van der Waals surface area contributed by atoms with E-state index in [1.54, 1.807) is 23.7 Å². The molecule has 0 spiro atoms. The number of para-hydroxylation sites is 1. The minimum atomic E-state index is -2.94. The van der Waals surface area contributed by atoms with E-state index in [-0.39, 0.29) is 5.91 Å². The lowest BCUT2D eigenvalue weighted by atomic mass is 10.0. The molecule has 2 aliphatic heterocycles. The second kappa shape index (κ2) is 10.6. The molecule has 37 heavy (non-hydrogen) atoms.